The molecule has 1 saturated heterocycles. The van der Waals surface area contributed by atoms with Gasteiger partial charge in [-0.05, 0) is 37.5 Å². The van der Waals surface area contributed by atoms with E-state index in [0.29, 0.717) is 39.5 Å². The van der Waals surface area contributed by atoms with Crippen molar-refractivity contribution in [2.75, 3.05) is 40.0 Å². The molecule has 2 heterocycles. The Morgan fingerprint density at radius 3 is 2.71 bits per heavy atom. The molecule has 154 valence electrons. The van der Waals surface area contributed by atoms with Crippen LogP contribution in [-0.2, 0) is 11.3 Å². The normalized spacial score (nSPS) is 17.6. The molecule has 1 amide bonds. The number of rotatable bonds is 4. The van der Waals surface area contributed by atoms with Crippen molar-refractivity contribution in [2.45, 2.75) is 38.8 Å². The van der Waals surface area contributed by atoms with Gasteiger partial charge < -0.3 is 29.7 Å². The maximum atomic E-state index is 11.8. The number of benzene rings is 1. The molecule has 2 N–H and O–H groups in total. The van der Waals surface area contributed by atoms with Gasteiger partial charge in [-0.25, -0.2) is 4.79 Å². The summed E-state index contributed by atoms with van der Waals surface area (Å²) in [5.74, 6) is 2.35. The largest absolute Gasteiger partial charge is 0.490 e. The van der Waals surface area contributed by atoms with Crippen LogP contribution in [0.4, 0.5) is 4.79 Å². The predicted octanol–water partition coefficient (Wildman–Crippen LogP) is 2.13. The fourth-order valence-electron chi connectivity index (χ4n) is 3.31. The number of ether oxygens (including phenoxy) is 3. The summed E-state index contributed by atoms with van der Waals surface area (Å²) in [4.78, 5) is 17.9. The van der Waals surface area contributed by atoms with Gasteiger partial charge in [-0.1, -0.05) is 6.07 Å². The van der Waals surface area contributed by atoms with E-state index < -0.39 is 0 Å². The molecule has 2 aliphatic heterocycles. The van der Waals surface area contributed by atoms with Gasteiger partial charge in [0.25, 0.3) is 0 Å². The molecule has 8 heteroatoms. The smallest absolute Gasteiger partial charge is 0.409 e. The number of carbonyl (C=O) groups excluding carboxylic acids is 1. The van der Waals surface area contributed by atoms with E-state index in [1.807, 2.05) is 25.1 Å². The van der Waals surface area contributed by atoms with E-state index in [0.717, 1.165) is 42.3 Å². The summed E-state index contributed by atoms with van der Waals surface area (Å²) >= 11 is 0. The Balaban J connectivity index is 1.47. The number of amides is 1. The van der Waals surface area contributed by atoms with Crippen LogP contribution in [0.5, 0.6) is 11.5 Å². The van der Waals surface area contributed by atoms with E-state index in [1.165, 1.54) is 0 Å². The van der Waals surface area contributed by atoms with Gasteiger partial charge in [0.15, 0.2) is 17.5 Å². The Morgan fingerprint density at radius 2 is 2.00 bits per heavy atom. The summed E-state index contributed by atoms with van der Waals surface area (Å²) in [5, 5.41) is 6.79. The minimum atomic E-state index is -0.224. The first kappa shape index (κ1) is 20.1. The van der Waals surface area contributed by atoms with Gasteiger partial charge in [0.05, 0.1) is 19.8 Å². The van der Waals surface area contributed by atoms with Crippen LogP contribution in [0.15, 0.2) is 23.2 Å². The van der Waals surface area contributed by atoms with Crippen LogP contribution in [0, 0.1) is 0 Å². The number of aliphatic imine (C=N–C) groups is 1. The molecule has 0 saturated carbocycles. The zero-order valence-corrected chi connectivity index (χ0v) is 16.7. The molecule has 0 spiro atoms. The fourth-order valence-corrected chi connectivity index (χ4v) is 3.31. The molecule has 1 aromatic carbocycles. The first-order chi connectivity index (χ1) is 13.7. The number of carbonyl (C=O) groups is 1. The topological polar surface area (TPSA) is 84.4 Å². The number of piperidine rings is 1. The minimum Gasteiger partial charge on any atom is -0.490 e. The number of hydrogen-bond donors (Lipinski definition) is 2. The zero-order valence-electron chi connectivity index (χ0n) is 16.7. The Kier molecular flexibility index (Phi) is 7.22. The van der Waals surface area contributed by atoms with Crippen LogP contribution in [0.2, 0.25) is 0 Å². The van der Waals surface area contributed by atoms with Crippen molar-refractivity contribution in [1.82, 2.24) is 15.5 Å². The molecule has 28 heavy (non-hydrogen) atoms. The van der Waals surface area contributed by atoms with Crippen LogP contribution in [0.3, 0.4) is 0 Å². The average Bonchev–Trinajstić information content (AvgIpc) is 2.96. The highest BCUT2D eigenvalue weighted by molar-refractivity contribution is 5.80. The summed E-state index contributed by atoms with van der Waals surface area (Å²) in [6.07, 6.45) is 2.40. The summed E-state index contributed by atoms with van der Waals surface area (Å²) < 4.78 is 16.5. The number of likely N-dealkylation sites (tertiary alicyclic amines) is 1. The van der Waals surface area contributed by atoms with Crippen molar-refractivity contribution in [2.24, 2.45) is 4.99 Å². The molecule has 1 aromatic rings. The summed E-state index contributed by atoms with van der Waals surface area (Å²) in [5.41, 5.74) is 1.10. The van der Waals surface area contributed by atoms with Crippen molar-refractivity contribution >= 4 is 12.1 Å². The Labute approximate surface area is 166 Å². The maximum absolute atomic E-state index is 11.8. The molecular weight excluding hydrogens is 360 g/mol. The summed E-state index contributed by atoms with van der Waals surface area (Å²) in [7, 11) is 1.76. The van der Waals surface area contributed by atoms with Gasteiger partial charge in [-0.2, -0.15) is 0 Å². The Morgan fingerprint density at radius 1 is 1.25 bits per heavy atom. The second-order valence-electron chi connectivity index (χ2n) is 6.86. The maximum Gasteiger partial charge on any atom is 0.409 e. The molecule has 0 bridgehead atoms. The van der Waals surface area contributed by atoms with E-state index in [2.05, 4.69) is 15.6 Å². The van der Waals surface area contributed by atoms with Gasteiger partial charge in [0.1, 0.15) is 0 Å². The number of fused-ring (bicyclic) bond motifs is 1. The molecule has 8 nitrogen and oxygen atoms in total. The fraction of sp³-hybridized carbons (Fsp3) is 0.600. The quantitative estimate of drug-likeness (QED) is 0.605. The highest BCUT2D eigenvalue weighted by Gasteiger charge is 2.24. The molecule has 0 aliphatic carbocycles. The standard InChI is InChI=1S/C20H30N4O4/c1-3-26-20(25)24-9-7-16(8-10-24)23-19(21-2)22-14-15-5-6-17-18(13-15)28-12-4-11-27-17/h5-6,13,16H,3-4,7-12,14H2,1-2H3,(H2,21,22,23). The molecule has 0 atom stereocenters. The van der Waals surface area contributed by atoms with Crippen molar-refractivity contribution in [3.8, 4) is 11.5 Å². The molecule has 0 radical (unpaired) electrons. The van der Waals surface area contributed by atoms with Gasteiger partial charge in [0, 0.05) is 39.1 Å². The second kappa shape index (κ2) is 10.1. The lowest BCUT2D eigenvalue weighted by Crippen LogP contribution is -2.49. The predicted molar refractivity (Wildman–Crippen MR) is 107 cm³/mol. The monoisotopic (exact) mass is 390 g/mol. The van der Waals surface area contributed by atoms with Gasteiger partial charge in [-0.3, -0.25) is 4.99 Å². The van der Waals surface area contributed by atoms with Crippen molar-refractivity contribution in [1.29, 1.82) is 0 Å². The van der Waals surface area contributed by atoms with Crippen LogP contribution in [0.25, 0.3) is 0 Å². The van der Waals surface area contributed by atoms with Gasteiger partial charge >= 0.3 is 6.09 Å². The van der Waals surface area contributed by atoms with E-state index in [-0.39, 0.29) is 12.1 Å². The van der Waals surface area contributed by atoms with E-state index in [1.54, 1.807) is 11.9 Å². The third kappa shape index (κ3) is 5.43. The number of nitrogens with zero attached hydrogens (tertiary/aromatic N) is 2. The first-order valence-electron chi connectivity index (χ1n) is 9.97. The Bertz CT molecular complexity index is 687. The van der Waals surface area contributed by atoms with Gasteiger partial charge in [0.2, 0.25) is 0 Å². The third-order valence-electron chi connectivity index (χ3n) is 4.86. The molecule has 3 rings (SSSR count). The molecule has 1 fully saturated rings. The number of nitrogens with one attached hydrogen (secondary N) is 2. The highest BCUT2D eigenvalue weighted by atomic mass is 16.6. The summed E-state index contributed by atoms with van der Waals surface area (Å²) in [6.45, 7) is 5.62. The van der Waals surface area contributed by atoms with Crippen LogP contribution in [0.1, 0.15) is 31.7 Å². The van der Waals surface area contributed by atoms with Gasteiger partial charge in [-0.15, -0.1) is 0 Å². The van der Waals surface area contributed by atoms with E-state index >= 15 is 0 Å². The van der Waals surface area contributed by atoms with E-state index in [9.17, 15) is 4.79 Å². The van der Waals surface area contributed by atoms with Crippen molar-refractivity contribution in [3.05, 3.63) is 23.8 Å². The lowest BCUT2D eigenvalue weighted by molar-refractivity contribution is 0.0963. The molecular formula is C20H30N4O4. The van der Waals surface area contributed by atoms with Crippen LogP contribution >= 0.6 is 0 Å². The first-order valence-corrected chi connectivity index (χ1v) is 9.97. The van der Waals surface area contributed by atoms with E-state index in [4.69, 9.17) is 14.2 Å². The van der Waals surface area contributed by atoms with Crippen molar-refractivity contribution < 1.29 is 19.0 Å². The lowest BCUT2D eigenvalue weighted by atomic mass is 10.1. The van der Waals surface area contributed by atoms with Crippen LogP contribution in [-0.4, -0.2) is 63.0 Å². The minimum absolute atomic E-state index is 0.224. The SMILES string of the molecule is CCOC(=O)N1CCC(NC(=NC)NCc2ccc3c(c2)OCCCO3)CC1. The highest BCUT2D eigenvalue weighted by Crippen LogP contribution is 2.30. The number of hydrogen-bond acceptors (Lipinski definition) is 5. The average molecular weight is 390 g/mol. The zero-order chi connectivity index (χ0) is 19.8. The van der Waals surface area contributed by atoms with Crippen molar-refractivity contribution in [3.63, 3.8) is 0 Å². The van der Waals surface area contributed by atoms with Crippen LogP contribution < -0.4 is 20.1 Å². The third-order valence-corrected chi connectivity index (χ3v) is 4.86. The lowest BCUT2D eigenvalue weighted by Gasteiger charge is -2.32. The Hall–Kier alpha value is -2.64. The molecule has 0 aromatic heterocycles. The molecule has 2 aliphatic rings. The summed E-state index contributed by atoms with van der Waals surface area (Å²) in [6, 6.07) is 6.28. The molecule has 0 unspecified atom stereocenters. The second-order valence-corrected chi connectivity index (χ2v) is 6.86. The number of guanidine groups is 1.